The molecule has 1 aromatic carbocycles. The number of fused-ring (bicyclic) bond motifs is 1. The van der Waals surface area contributed by atoms with Crippen molar-refractivity contribution in [3.8, 4) is 0 Å². The molecule has 0 aliphatic rings. The maximum Gasteiger partial charge on any atom is 0.147 e. The standard InChI is InChI=1S/C10H10BrFN2/c1-10(2,12)9-7-4-3-6(11)5-8(7)13-14-9/h3-5H,1-2H3,(H,13,14). The topological polar surface area (TPSA) is 28.7 Å². The van der Waals surface area contributed by atoms with Crippen LogP contribution in [-0.2, 0) is 5.67 Å². The van der Waals surface area contributed by atoms with E-state index >= 15 is 0 Å². The van der Waals surface area contributed by atoms with Gasteiger partial charge in [0.2, 0.25) is 0 Å². The number of hydrogen-bond donors (Lipinski definition) is 1. The predicted molar refractivity (Wildman–Crippen MR) is 57.9 cm³/mol. The molecule has 0 saturated heterocycles. The molecule has 0 spiro atoms. The molecule has 1 aromatic heterocycles. The fraction of sp³-hybridized carbons (Fsp3) is 0.300. The molecule has 0 aliphatic heterocycles. The highest BCUT2D eigenvalue weighted by atomic mass is 79.9. The smallest absolute Gasteiger partial charge is 0.147 e. The number of aromatic amines is 1. The van der Waals surface area contributed by atoms with Gasteiger partial charge >= 0.3 is 0 Å². The Hall–Kier alpha value is -0.900. The number of nitrogens with one attached hydrogen (secondary N) is 1. The van der Waals surface area contributed by atoms with Crippen molar-refractivity contribution >= 4 is 26.8 Å². The van der Waals surface area contributed by atoms with Gasteiger partial charge in [0.05, 0.1) is 11.2 Å². The van der Waals surface area contributed by atoms with Crippen molar-refractivity contribution in [1.29, 1.82) is 0 Å². The molecule has 0 radical (unpaired) electrons. The number of nitrogens with zero attached hydrogens (tertiary/aromatic N) is 1. The Morgan fingerprint density at radius 2 is 2.14 bits per heavy atom. The highest BCUT2D eigenvalue weighted by Gasteiger charge is 2.23. The normalized spacial score (nSPS) is 12.3. The molecule has 74 valence electrons. The van der Waals surface area contributed by atoms with Crippen LogP contribution in [0.4, 0.5) is 4.39 Å². The number of alkyl halides is 1. The zero-order valence-corrected chi connectivity index (χ0v) is 9.52. The average molecular weight is 257 g/mol. The van der Waals surface area contributed by atoms with Crippen molar-refractivity contribution < 1.29 is 4.39 Å². The molecular weight excluding hydrogens is 247 g/mol. The molecule has 1 heterocycles. The summed E-state index contributed by atoms with van der Waals surface area (Å²) in [6, 6.07) is 5.60. The maximum atomic E-state index is 13.7. The van der Waals surface area contributed by atoms with Crippen LogP contribution in [0.5, 0.6) is 0 Å². The summed E-state index contributed by atoms with van der Waals surface area (Å²) < 4.78 is 14.6. The summed E-state index contributed by atoms with van der Waals surface area (Å²) in [6.07, 6.45) is 0. The SMILES string of the molecule is CC(C)(F)c1[nH]nc2cc(Br)ccc12. The van der Waals surface area contributed by atoms with Gasteiger partial charge in [0.15, 0.2) is 0 Å². The van der Waals surface area contributed by atoms with Gasteiger partial charge in [0, 0.05) is 9.86 Å². The molecule has 2 rings (SSSR count). The van der Waals surface area contributed by atoms with E-state index in [1.54, 1.807) is 0 Å². The summed E-state index contributed by atoms with van der Waals surface area (Å²) in [5, 5.41) is 7.62. The number of rotatable bonds is 1. The lowest BCUT2D eigenvalue weighted by atomic mass is 10.0. The van der Waals surface area contributed by atoms with Crippen LogP contribution in [0.15, 0.2) is 22.7 Å². The van der Waals surface area contributed by atoms with Crippen LogP contribution in [0.3, 0.4) is 0 Å². The van der Waals surface area contributed by atoms with E-state index in [4.69, 9.17) is 0 Å². The number of aromatic nitrogens is 2. The molecule has 14 heavy (non-hydrogen) atoms. The van der Waals surface area contributed by atoms with Crippen molar-refractivity contribution in [2.24, 2.45) is 0 Å². The summed E-state index contributed by atoms with van der Waals surface area (Å²) in [5.74, 6) is 0. The molecule has 4 heteroatoms. The monoisotopic (exact) mass is 256 g/mol. The first-order valence-electron chi connectivity index (χ1n) is 4.31. The molecular formula is C10H10BrFN2. The van der Waals surface area contributed by atoms with E-state index in [1.807, 2.05) is 18.2 Å². The Morgan fingerprint density at radius 1 is 1.43 bits per heavy atom. The van der Waals surface area contributed by atoms with Crippen LogP contribution >= 0.6 is 15.9 Å². The lowest BCUT2D eigenvalue weighted by Crippen LogP contribution is -2.09. The van der Waals surface area contributed by atoms with Gasteiger partial charge in [-0.1, -0.05) is 15.9 Å². The first-order chi connectivity index (χ1) is 6.48. The van der Waals surface area contributed by atoms with E-state index in [9.17, 15) is 4.39 Å². The average Bonchev–Trinajstić information content (AvgIpc) is 2.45. The Balaban J connectivity index is 2.70. The molecule has 0 fully saturated rings. The van der Waals surface area contributed by atoms with Crippen LogP contribution in [-0.4, -0.2) is 10.2 Å². The second kappa shape index (κ2) is 3.05. The largest absolute Gasteiger partial charge is 0.278 e. The van der Waals surface area contributed by atoms with Crippen LogP contribution in [0, 0.1) is 0 Å². The van der Waals surface area contributed by atoms with Crippen LogP contribution in [0.1, 0.15) is 19.5 Å². The third-order valence-electron chi connectivity index (χ3n) is 2.11. The third kappa shape index (κ3) is 1.54. The van der Waals surface area contributed by atoms with Crippen molar-refractivity contribution in [1.82, 2.24) is 10.2 Å². The minimum Gasteiger partial charge on any atom is -0.278 e. The number of hydrogen-bond acceptors (Lipinski definition) is 1. The molecule has 0 bridgehead atoms. The van der Waals surface area contributed by atoms with Gasteiger partial charge in [-0.15, -0.1) is 0 Å². The number of halogens is 2. The second-order valence-corrected chi connectivity index (χ2v) is 4.65. The minimum absolute atomic E-state index is 0.528. The Morgan fingerprint density at radius 3 is 2.79 bits per heavy atom. The van der Waals surface area contributed by atoms with Crippen molar-refractivity contribution in [3.05, 3.63) is 28.4 Å². The van der Waals surface area contributed by atoms with Gasteiger partial charge in [0.25, 0.3) is 0 Å². The Kier molecular flexibility index (Phi) is 2.10. The fourth-order valence-electron chi connectivity index (χ4n) is 1.44. The lowest BCUT2D eigenvalue weighted by molar-refractivity contribution is 0.216. The van der Waals surface area contributed by atoms with Gasteiger partial charge in [0.1, 0.15) is 5.67 Å². The molecule has 0 unspecified atom stereocenters. The summed E-state index contributed by atoms with van der Waals surface area (Å²) in [4.78, 5) is 0. The summed E-state index contributed by atoms with van der Waals surface area (Å²) in [7, 11) is 0. The first-order valence-corrected chi connectivity index (χ1v) is 5.11. The highest BCUT2D eigenvalue weighted by molar-refractivity contribution is 9.10. The molecule has 0 amide bonds. The number of H-pyrrole nitrogens is 1. The van der Waals surface area contributed by atoms with Crippen molar-refractivity contribution in [2.75, 3.05) is 0 Å². The highest BCUT2D eigenvalue weighted by Crippen LogP contribution is 2.30. The van der Waals surface area contributed by atoms with E-state index in [1.165, 1.54) is 13.8 Å². The van der Waals surface area contributed by atoms with Crippen LogP contribution in [0.2, 0.25) is 0 Å². The van der Waals surface area contributed by atoms with Gasteiger partial charge in [-0.3, -0.25) is 5.10 Å². The van der Waals surface area contributed by atoms with E-state index < -0.39 is 5.67 Å². The second-order valence-electron chi connectivity index (χ2n) is 3.73. The molecule has 2 nitrogen and oxygen atoms in total. The zero-order valence-electron chi connectivity index (χ0n) is 7.94. The Labute approximate surface area is 89.6 Å². The molecule has 2 aromatic rings. The van der Waals surface area contributed by atoms with Gasteiger partial charge in [-0.25, -0.2) is 4.39 Å². The summed E-state index contributed by atoms with van der Waals surface area (Å²) >= 11 is 3.34. The quantitative estimate of drug-likeness (QED) is 0.831. The van der Waals surface area contributed by atoms with E-state index in [2.05, 4.69) is 26.1 Å². The third-order valence-corrected chi connectivity index (χ3v) is 2.61. The van der Waals surface area contributed by atoms with E-state index in [0.717, 1.165) is 15.4 Å². The fourth-order valence-corrected chi connectivity index (χ4v) is 1.79. The summed E-state index contributed by atoms with van der Waals surface area (Å²) in [6.45, 7) is 3.03. The van der Waals surface area contributed by atoms with Crippen LogP contribution < -0.4 is 0 Å². The summed E-state index contributed by atoms with van der Waals surface area (Å²) in [5.41, 5.74) is -0.0807. The predicted octanol–water partition coefficient (Wildman–Crippen LogP) is 3.53. The number of benzene rings is 1. The molecule has 0 saturated carbocycles. The van der Waals surface area contributed by atoms with Gasteiger partial charge in [-0.2, -0.15) is 5.10 Å². The molecule has 0 atom stereocenters. The lowest BCUT2D eigenvalue weighted by Gasteiger charge is -2.11. The Bertz CT molecular complexity index is 470. The minimum atomic E-state index is -1.39. The molecule has 1 N–H and O–H groups in total. The van der Waals surface area contributed by atoms with Gasteiger partial charge < -0.3 is 0 Å². The van der Waals surface area contributed by atoms with E-state index in [0.29, 0.717) is 5.69 Å². The van der Waals surface area contributed by atoms with Crippen molar-refractivity contribution in [2.45, 2.75) is 19.5 Å². The zero-order chi connectivity index (χ0) is 10.3. The first kappa shape index (κ1) is 9.65. The van der Waals surface area contributed by atoms with E-state index in [-0.39, 0.29) is 0 Å². The maximum absolute atomic E-state index is 13.7. The van der Waals surface area contributed by atoms with Crippen LogP contribution in [0.25, 0.3) is 10.9 Å². The van der Waals surface area contributed by atoms with Gasteiger partial charge in [-0.05, 0) is 32.0 Å². The molecule has 0 aliphatic carbocycles. The van der Waals surface area contributed by atoms with Crippen molar-refractivity contribution in [3.63, 3.8) is 0 Å².